The van der Waals surface area contributed by atoms with Crippen molar-refractivity contribution in [3.05, 3.63) is 15.6 Å². The molecule has 1 aliphatic heterocycles. The molecule has 0 radical (unpaired) electrons. The van der Waals surface area contributed by atoms with Crippen LogP contribution in [0.25, 0.3) is 0 Å². The summed E-state index contributed by atoms with van der Waals surface area (Å²) in [6.07, 6.45) is 1.44. The Balaban J connectivity index is 2.02. The number of nitrogens with zero attached hydrogens (tertiary/aromatic N) is 1. The van der Waals surface area contributed by atoms with Gasteiger partial charge in [-0.15, -0.1) is 11.3 Å². The second kappa shape index (κ2) is 4.82. The minimum absolute atomic E-state index is 0.330. The second-order valence-electron chi connectivity index (χ2n) is 4.54. The van der Waals surface area contributed by atoms with Crippen molar-refractivity contribution < 1.29 is 4.74 Å². The molecule has 3 unspecified atom stereocenters. The van der Waals surface area contributed by atoms with Crippen molar-refractivity contribution in [1.82, 2.24) is 10.3 Å². The van der Waals surface area contributed by atoms with Crippen LogP contribution in [0.4, 0.5) is 0 Å². The highest BCUT2D eigenvalue weighted by atomic mass is 32.1. The summed E-state index contributed by atoms with van der Waals surface area (Å²) in [5.41, 5.74) is 1.16. The second-order valence-corrected chi connectivity index (χ2v) is 5.78. The monoisotopic (exact) mass is 240 g/mol. The van der Waals surface area contributed by atoms with Crippen LogP contribution in [0, 0.1) is 13.8 Å². The lowest BCUT2D eigenvalue weighted by Gasteiger charge is -2.21. The minimum atomic E-state index is 0.330. The normalized spacial score (nSPS) is 27.2. The van der Waals surface area contributed by atoms with Crippen LogP contribution in [0.2, 0.25) is 0 Å². The van der Waals surface area contributed by atoms with E-state index in [-0.39, 0.29) is 0 Å². The number of nitrogens with one attached hydrogen (secondary N) is 1. The predicted octanol–water partition coefficient (Wildman–Crippen LogP) is 2.59. The quantitative estimate of drug-likeness (QED) is 0.882. The van der Waals surface area contributed by atoms with Gasteiger partial charge in [0.2, 0.25) is 0 Å². The Morgan fingerprint density at radius 2 is 2.25 bits per heavy atom. The molecule has 4 heteroatoms. The van der Waals surface area contributed by atoms with Crippen LogP contribution in [-0.2, 0) is 4.74 Å². The van der Waals surface area contributed by atoms with E-state index >= 15 is 0 Å². The van der Waals surface area contributed by atoms with Gasteiger partial charge in [0.15, 0.2) is 0 Å². The van der Waals surface area contributed by atoms with Crippen molar-refractivity contribution in [3.63, 3.8) is 0 Å². The predicted molar refractivity (Wildman–Crippen MR) is 67.0 cm³/mol. The molecule has 1 saturated heterocycles. The zero-order valence-electron chi connectivity index (χ0n) is 10.4. The average molecular weight is 240 g/mol. The van der Waals surface area contributed by atoms with Crippen LogP contribution in [0.5, 0.6) is 0 Å². The molecule has 1 aromatic rings. The molecule has 1 N–H and O–H groups in total. The fraction of sp³-hybridized carbons (Fsp3) is 0.750. The summed E-state index contributed by atoms with van der Waals surface area (Å²) in [5.74, 6) is 0. The van der Waals surface area contributed by atoms with Gasteiger partial charge in [-0.25, -0.2) is 4.98 Å². The minimum Gasteiger partial charge on any atom is -0.377 e. The van der Waals surface area contributed by atoms with Gasteiger partial charge in [0.1, 0.15) is 0 Å². The van der Waals surface area contributed by atoms with Gasteiger partial charge >= 0.3 is 0 Å². The lowest BCUT2D eigenvalue weighted by atomic mass is 10.1. The van der Waals surface area contributed by atoms with Crippen molar-refractivity contribution in [3.8, 4) is 0 Å². The van der Waals surface area contributed by atoms with E-state index in [1.807, 2.05) is 0 Å². The summed E-state index contributed by atoms with van der Waals surface area (Å²) < 4.78 is 5.56. The number of ether oxygens (including phenoxy) is 1. The van der Waals surface area contributed by atoms with Gasteiger partial charge in [-0.2, -0.15) is 0 Å². The Labute approximate surface area is 101 Å². The molecule has 3 atom stereocenters. The highest BCUT2D eigenvalue weighted by Gasteiger charge is 2.26. The maximum atomic E-state index is 5.56. The van der Waals surface area contributed by atoms with Crippen molar-refractivity contribution in [2.45, 2.75) is 52.3 Å². The van der Waals surface area contributed by atoms with Crippen LogP contribution in [0.1, 0.15) is 41.9 Å². The first-order valence-corrected chi connectivity index (χ1v) is 6.71. The first-order chi connectivity index (χ1) is 7.58. The molecular weight excluding hydrogens is 220 g/mol. The molecule has 2 heterocycles. The molecule has 2 rings (SSSR count). The van der Waals surface area contributed by atoms with Gasteiger partial charge < -0.3 is 10.1 Å². The fourth-order valence-electron chi connectivity index (χ4n) is 2.30. The Bertz CT molecular complexity index is 364. The third kappa shape index (κ3) is 2.44. The summed E-state index contributed by atoms with van der Waals surface area (Å²) >= 11 is 1.79. The van der Waals surface area contributed by atoms with Crippen molar-refractivity contribution in [2.24, 2.45) is 0 Å². The maximum Gasteiger partial charge on any atom is 0.0900 e. The molecule has 0 aromatic carbocycles. The van der Waals surface area contributed by atoms with E-state index in [1.54, 1.807) is 11.3 Å². The number of hydrogen-bond donors (Lipinski definition) is 1. The molecule has 0 spiro atoms. The number of aryl methyl sites for hydroxylation is 2. The molecule has 1 aliphatic rings. The van der Waals surface area contributed by atoms with Gasteiger partial charge in [0, 0.05) is 23.6 Å². The molecule has 0 aliphatic carbocycles. The van der Waals surface area contributed by atoms with E-state index in [1.165, 1.54) is 4.88 Å². The largest absolute Gasteiger partial charge is 0.377 e. The third-order valence-corrected chi connectivity index (χ3v) is 4.43. The van der Waals surface area contributed by atoms with E-state index in [0.29, 0.717) is 18.2 Å². The van der Waals surface area contributed by atoms with Crippen LogP contribution >= 0.6 is 11.3 Å². The summed E-state index contributed by atoms with van der Waals surface area (Å²) in [4.78, 5) is 5.83. The molecule has 0 saturated carbocycles. The highest BCUT2D eigenvalue weighted by Crippen LogP contribution is 2.26. The molecule has 90 valence electrons. The van der Waals surface area contributed by atoms with Gasteiger partial charge in [-0.05, 0) is 34.1 Å². The lowest BCUT2D eigenvalue weighted by molar-refractivity contribution is 0.111. The van der Waals surface area contributed by atoms with Crippen molar-refractivity contribution >= 4 is 11.3 Å². The van der Waals surface area contributed by atoms with Crippen LogP contribution in [0.3, 0.4) is 0 Å². The van der Waals surface area contributed by atoms with E-state index in [9.17, 15) is 0 Å². The fourth-order valence-corrected chi connectivity index (χ4v) is 3.24. The summed E-state index contributed by atoms with van der Waals surface area (Å²) in [6.45, 7) is 9.39. The molecule has 1 aromatic heterocycles. The Morgan fingerprint density at radius 1 is 1.50 bits per heavy atom. The molecule has 1 fully saturated rings. The smallest absolute Gasteiger partial charge is 0.0900 e. The highest BCUT2D eigenvalue weighted by molar-refractivity contribution is 7.11. The number of rotatable bonds is 3. The number of aromatic nitrogens is 1. The lowest BCUT2D eigenvalue weighted by Crippen LogP contribution is -2.36. The summed E-state index contributed by atoms with van der Waals surface area (Å²) in [6, 6.07) is 0.858. The number of thiazole rings is 1. The van der Waals surface area contributed by atoms with E-state index < -0.39 is 0 Å². The van der Waals surface area contributed by atoms with Crippen molar-refractivity contribution in [1.29, 1.82) is 0 Å². The Hall–Kier alpha value is -0.450. The standard InChI is InChI=1S/C12H20N2OS/c1-7-12(16-10(4)13-7)8(2)14-11-5-6-15-9(11)3/h8-9,11,14H,5-6H2,1-4H3. The van der Waals surface area contributed by atoms with Crippen LogP contribution < -0.4 is 5.32 Å². The van der Waals surface area contributed by atoms with E-state index in [2.05, 4.69) is 38.0 Å². The zero-order valence-corrected chi connectivity index (χ0v) is 11.2. The summed E-state index contributed by atoms with van der Waals surface area (Å²) in [7, 11) is 0. The van der Waals surface area contributed by atoms with Gasteiger partial charge in [-0.1, -0.05) is 0 Å². The first-order valence-electron chi connectivity index (χ1n) is 5.89. The average Bonchev–Trinajstić information content (AvgIpc) is 2.74. The number of hydrogen-bond acceptors (Lipinski definition) is 4. The molecule has 3 nitrogen and oxygen atoms in total. The zero-order chi connectivity index (χ0) is 11.7. The topological polar surface area (TPSA) is 34.2 Å². The first kappa shape index (κ1) is 12.0. The van der Waals surface area contributed by atoms with E-state index in [0.717, 1.165) is 23.7 Å². The SMILES string of the molecule is Cc1nc(C)c(C(C)NC2CCOC2C)s1. The van der Waals surface area contributed by atoms with E-state index in [4.69, 9.17) is 4.74 Å². The molecule has 16 heavy (non-hydrogen) atoms. The Morgan fingerprint density at radius 3 is 2.75 bits per heavy atom. The molecule has 0 amide bonds. The summed E-state index contributed by atoms with van der Waals surface area (Å²) in [5, 5.41) is 4.79. The third-order valence-electron chi connectivity index (χ3n) is 3.17. The Kier molecular flexibility index (Phi) is 3.62. The molecule has 0 bridgehead atoms. The van der Waals surface area contributed by atoms with Crippen LogP contribution in [0.15, 0.2) is 0 Å². The van der Waals surface area contributed by atoms with Crippen molar-refractivity contribution in [2.75, 3.05) is 6.61 Å². The van der Waals surface area contributed by atoms with Gasteiger partial charge in [-0.3, -0.25) is 0 Å². The van der Waals surface area contributed by atoms with Gasteiger partial charge in [0.05, 0.1) is 16.8 Å². The van der Waals surface area contributed by atoms with Crippen LogP contribution in [-0.4, -0.2) is 23.7 Å². The molecular formula is C12H20N2OS. The maximum absolute atomic E-state index is 5.56. The van der Waals surface area contributed by atoms with Gasteiger partial charge in [0.25, 0.3) is 0 Å².